The van der Waals surface area contributed by atoms with Crippen molar-refractivity contribution in [3.63, 3.8) is 0 Å². The molecule has 0 unspecified atom stereocenters. The minimum absolute atomic E-state index is 0.225. The van der Waals surface area contributed by atoms with Gasteiger partial charge in [-0.1, -0.05) is 13.3 Å². The van der Waals surface area contributed by atoms with E-state index in [-0.39, 0.29) is 5.78 Å². The lowest BCUT2D eigenvalue weighted by atomic mass is 10.1. The van der Waals surface area contributed by atoms with Crippen LogP contribution in [-0.2, 0) is 16.0 Å². The van der Waals surface area contributed by atoms with Crippen LogP contribution in [0, 0.1) is 0 Å². The molecule has 0 N–H and O–H groups in total. The minimum Gasteiger partial charge on any atom is -0.381 e. The van der Waals surface area contributed by atoms with Crippen LogP contribution in [0.15, 0.2) is 24.5 Å². The number of Topliss-reactive ketones (excluding diaryl/α,β-unsaturated/α-hetero) is 1. The van der Waals surface area contributed by atoms with Gasteiger partial charge in [0.25, 0.3) is 0 Å². The maximum Gasteiger partial charge on any atom is 0.139 e. The van der Waals surface area contributed by atoms with Gasteiger partial charge in [0.05, 0.1) is 6.61 Å². The summed E-state index contributed by atoms with van der Waals surface area (Å²) in [6, 6.07) is 3.74. The number of ether oxygens (including phenoxy) is 1. The SMILES string of the molecule is CCCCOCCC(=O)Cc1ccncc1. The van der Waals surface area contributed by atoms with Crippen molar-refractivity contribution >= 4 is 5.78 Å². The minimum atomic E-state index is 0.225. The first-order chi connectivity index (χ1) is 7.83. The number of rotatable bonds is 8. The van der Waals surface area contributed by atoms with Crippen molar-refractivity contribution < 1.29 is 9.53 Å². The number of nitrogens with zero attached hydrogens (tertiary/aromatic N) is 1. The van der Waals surface area contributed by atoms with E-state index >= 15 is 0 Å². The lowest BCUT2D eigenvalue weighted by Crippen LogP contribution is -2.07. The maximum absolute atomic E-state index is 11.5. The van der Waals surface area contributed by atoms with E-state index in [0.29, 0.717) is 19.4 Å². The Hall–Kier alpha value is -1.22. The summed E-state index contributed by atoms with van der Waals surface area (Å²) in [6.07, 6.45) is 6.61. The number of hydrogen-bond acceptors (Lipinski definition) is 3. The van der Waals surface area contributed by atoms with Crippen LogP contribution >= 0.6 is 0 Å². The van der Waals surface area contributed by atoms with Crippen LogP contribution in [0.3, 0.4) is 0 Å². The quantitative estimate of drug-likeness (QED) is 0.633. The van der Waals surface area contributed by atoms with Crippen molar-refractivity contribution in [3.05, 3.63) is 30.1 Å². The molecule has 88 valence electrons. The van der Waals surface area contributed by atoms with Crippen molar-refractivity contribution in [3.8, 4) is 0 Å². The number of hydrogen-bond donors (Lipinski definition) is 0. The van der Waals surface area contributed by atoms with E-state index < -0.39 is 0 Å². The normalized spacial score (nSPS) is 10.3. The zero-order chi connectivity index (χ0) is 11.6. The second-order valence-electron chi connectivity index (χ2n) is 3.79. The van der Waals surface area contributed by atoms with Gasteiger partial charge in [0.2, 0.25) is 0 Å². The van der Waals surface area contributed by atoms with Crippen LogP contribution < -0.4 is 0 Å². The second kappa shape index (κ2) is 7.99. The van der Waals surface area contributed by atoms with Crippen LogP contribution in [0.5, 0.6) is 0 Å². The molecule has 0 radical (unpaired) electrons. The van der Waals surface area contributed by atoms with Gasteiger partial charge >= 0.3 is 0 Å². The fourth-order valence-corrected chi connectivity index (χ4v) is 1.35. The molecule has 0 fully saturated rings. The molecule has 0 saturated carbocycles. The molecule has 0 atom stereocenters. The molecular weight excluding hydrogens is 202 g/mol. The van der Waals surface area contributed by atoms with Crippen LogP contribution in [0.4, 0.5) is 0 Å². The van der Waals surface area contributed by atoms with Crippen molar-refractivity contribution in [1.29, 1.82) is 0 Å². The van der Waals surface area contributed by atoms with Crippen molar-refractivity contribution in [2.75, 3.05) is 13.2 Å². The first-order valence-corrected chi connectivity index (χ1v) is 5.81. The van der Waals surface area contributed by atoms with Crippen molar-refractivity contribution in [2.24, 2.45) is 0 Å². The summed E-state index contributed by atoms with van der Waals surface area (Å²) in [5.41, 5.74) is 1.02. The number of carbonyl (C=O) groups is 1. The third-order valence-electron chi connectivity index (χ3n) is 2.32. The van der Waals surface area contributed by atoms with Gasteiger partial charge in [-0.15, -0.1) is 0 Å². The number of aromatic nitrogens is 1. The van der Waals surface area contributed by atoms with Crippen molar-refractivity contribution in [1.82, 2.24) is 4.98 Å². The van der Waals surface area contributed by atoms with E-state index in [1.165, 1.54) is 0 Å². The zero-order valence-corrected chi connectivity index (χ0v) is 9.82. The molecule has 0 bridgehead atoms. The molecule has 0 aliphatic heterocycles. The summed E-state index contributed by atoms with van der Waals surface area (Å²) in [4.78, 5) is 15.5. The Bertz CT molecular complexity index is 298. The van der Waals surface area contributed by atoms with E-state index in [2.05, 4.69) is 11.9 Å². The maximum atomic E-state index is 11.5. The first kappa shape index (κ1) is 12.8. The predicted molar refractivity (Wildman–Crippen MR) is 63.3 cm³/mol. The zero-order valence-electron chi connectivity index (χ0n) is 9.82. The third kappa shape index (κ3) is 5.61. The molecule has 0 saturated heterocycles. The number of ketones is 1. The average molecular weight is 221 g/mol. The van der Waals surface area contributed by atoms with E-state index in [9.17, 15) is 4.79 Å². The summed E-state index contributed by atoms with van der Waals surface area (Å²) in [5, 5.41) is 0. The molecule has 3 heteroatoms. The molecule has 1 aromatic rings. The molecule has 1 rings (SSSR count). The van der Waals surface area contributed by atoms with Crippen LogP contribution in [0.1, 0.15) is 31.7 Å². The van der Waals surface area contributed by atoms with Crippen LogP contribution in [0.25, 0.3) is 0 Å². The Labute approximate surface area is 96.8 Å². The van der Waals surface area contributed by atoms with E-state index in [0.717, 1.165) is 25.0 Å². The van der Waals surface area contributed by atoms with E-state index in [4.69, 9.17) is 4.74 Å². The summed E-state index contributed by atoms with van der Waals surface area (Å²) < 4.78 is 5.35. The molecule has 0 aromatic carbocycles. The van der Waals surface area contributed by atoms with Gasteiger partial charge < -0.3 is 4.74 Å². The highest BCUT2D eigenvalue weighted by molar-refractivity contribution is 5.80. The highest BCUT2D eigenvalue weighted by Gasteiger charge is 2.03. The first-order valence-electron chi connectivity index (χ1n) is 5.81. The Morgan fingerprint density at radius 3 is 2.75 bits per heavy atom. The molecule has 1 aromatic heterocycles. The molecule has 0 spiro atoms. The molecule has 0 amide bonds. The van der Waals surface area contributed by atoms with Gasteiger partial charge in [-0.3, -0.25) is 9.78 Å². The van der Waals surface area contributed by atoms with Gasteiger partial charge in [-0.05, 0) is 24.1 Å². The van der Waals surface area contributed by atoms with E-state index in [1.54, 1.807) is 12.4 Å². The third-order valence-corrected chi connectivity index (χ3v) is 2.32. The fourth-order valence-electron chi connectivity index (χ4n) is 1.35. The fraction of sp³-hybridized carbons (Fsp3) is 0.538. The lowest BCUT2D eigenvalue weighted by Gasteiger charge is -2.03. The van der Waals surface area contributed by atoms with Crippen LogP contribution in [-0.4, -0.2) is 24.0 Å². The van der Waals surface area contributed by atoms with Gasteiger partial charge in [-0.2, -0.15) is 0 Å². The Morgan fingerprint density at radius 1 is 1.31 bits per heavy atom. The average Bonchev–Trinajstić information content (AvgIpc) is 2.30. The van der Waals surface area contributed by atoms with Gasteiger partial charge in [0.15, 0.2) is 0 Å². The Kier molecular flexibility index (Phi) is 6.42. The molecule has 16 heavy (non-hydrogen) atoms. The summed E-state index contributed by atoms with van der Waals surface area (Å²) >= 11 is 0. The molecule has 1 heterocycles. The monoisotopic (exact) mass is 221 g/mol. The molecular formula is C13H19NO2. The highest BCUT2D eigenvalue weighted by Crippen LogP contribution is 2.00. The molecule has 0 aliphatic rings. The number of unbranched alkanes of at least 4 members (excludes halogenated alkanes) is 1. The number of carbonyl (C=O) groups excluding carboxylic acids is 1. The smallest absolute Gasteiger partial charge is 0.139 e. The largest absolute Gasteiger partial charge is 0.381 e. The topological polar surface area (TPSA) is 39.2 Å². The Morgan fingerprint density at radius 2 is 2.06 bits per heavy atom. The van der Waals surface area contributed by atoms with Gasteiger partial charge in [-0.25, -0.2) is 0 Å². The summed E-state index contributed by atoms with van der Waals surface area (Å²) in [6.45, 7) is 3.43. The highest BCUT2D eigenvalue weighted by atomic mass is 16.5. The van der Waals surface area contributed by atoms with Gasteiger partial charge in [0.1, 0.15) is 5.78 Å². The van der Waals surface area contributed by atoms with E-state index in [1.807, 2.05) is 12.1 Å². The standard InChI is InChI=1S/C13H19NO2/c1-2-3-9-16-10-6-13(15)11-12-4-7-14-8-5-12/h4-5,7-8H,2-3,6,9-11H2,1H3. The summed E-state index contributed by atoms with van der Waals surface area (Å²) in [7, 11) is 0. The van der Waals surface area contributed by atoms with Crippen molar-refractivity contribution in [2.45, 2.75) is 32.6 Å². The Balaban J connectivity index is 2.12. The lowest BCUT2D eigenvalue weighted by molar-refractivity contribution is -0.119. The van der Waals surface area contributed by atoms with Gasteiger partial charge in [0, 0.05) is 31.8 Å². The molecule has 3 nitrogen and oxygen atoms in total. The summed E-state index contributed by atoms with van der Waals surface area (Å²) in [5.74, 6) is 0.225. The predicted octanol–water partition coefficient (Wildman–Crippen LogP) is 2.40. The molecule has 0 aliphatic carbocycles. The van der Waals surface area contributed by atoms with Crippen LogP contribution in [0.2, 0.25) is 0 Å². The second-order valence-corrected chi connectivity index (χ2v) is 3.79. The number of pyridine rings is 1.